The minimum atomic E-state index is -0.521. The zero-order valence-electron chi connectivity index (χ0n) is 15.8. The number of fused-ring (bicyclic) bond motifs is 1. The molecule has 0 radical (unpaired) electrons. The number of hydrogen-bond acceptors (Lipinski definition) is 3. The van der Waals surface area contributed by atoms with Crippen molar-refractivity contribution in [2.24, 2.45) is 5.92 Å². The van der Waals surface area contributed by atoms with Gasteiger partial charge in [-0.25, -0.2) is 4.79 Å². The molecule has 1 unspecified atom stereocenters. The minimum Gasteiger partial charge on any atom is -0.444 e. The molecule has 1 heterocycles. The lowest BCUT2D eigenvalue weighted by molar-refractivity contribution is -0.130. The maximum atomic E-state index is 12.5. The van der Waals surface area contributed by atoms with Gasteiger partial charge in [-0.15, -0.1) is 0 Å². The van der Waals surface area contributed by atoms with Crippen molar-refractivity contribution in [3.05, 3.63) is 48.0 Å². The van der Waals surface area contributed by atoms with Crippen molar-refractivity contribution >= 4 is 22.8 Å². The lowest BCUT2D eigenvalue weighted by Gasteiger charge is -2.39. The van der Waals surface area contributed by atoms with Gasteiger partial charge in [-0.1, -0.05) is 42.5 Å². The Hall–Kier alpha value is -2.56. The maximum absolute atomic E-state index is 12.5. The van der Waals surface area contributed by atoms with E-state index >= 15 is 0 Å². The van der Waals surface area contributed by atoms with Crippen LogP contribution in [0.25, 0.3) is 10.8 Å². The Morgan fingerprint density at radius 3 is 2.46 bits per heavy atom. The molecule has 1 N–H and O–H groups in total. The molecule has 1 aliphatic rings. The lowest BCUT2D eigenvalue weighted by Crippen LogP contribution is -2.56. The predicted octanol–water partition coefficient (Wildman–Crippen LogP) is 3.88. The quantitative estimate of drug-likeness (QED) is 0.910. The summed E-state index contributed by atoms with van der Waals surface area (Å²) in [5.41, 5.74) is 0.576. The molecule has 0 saturated carbocycles. The van der Waals surface area contributed by atoms with Gasteiger partial charge in [0.15, 0.2) is 0 Å². The molecule has 0 aliphatic carbocycles. The summed E-state index contributed by atoms with van der Waals surface area (Å²) < 4.78 is 5.32. The Kier molecular flexibility index (Phi) is 4.90. The lowest BCUT2D eigenvalue weighted by atomic mass is 9.96. The average Bonchev–Trinajstić information content (AvgIpc) is 2.51. The highest BCUT2D eigenvalue weighted by molar-refractivity contribution is 5.87. The van der Waals surface area contributed by atoms with Crippen molar-refractivity contribution in [2.45, 2.75) is 39.3 Å². The first-order valence-corrected chi connectivity index (χ1v) is 9.00. The van der Waals surface area contributed by atoms with Crippen molar-refractivity contribution in [3.63, 3.8) is 0 Å². The third-order valence-electron chi connectivity index (χ3n) is 4.55. The van der Waals surface area contributed by atoms with Crippen LogP contribution in [0.5, 0.6) is 0 Å². The van der Waals surface area contributed by atoms with E-state index in [4.69, 9.17) is 4.74 Å². The molecule has 26 heavy (non-hydrogen) atoms. The standard InChI is InChI=1S/C21H26N2O3/c1-14(17-11-7-9-15-8-5-6-10-18(15)17)22-19(24)16-12-23(13-16)20(25)26-21(2,3)4/h5-11,14,16H,12-13H2,1-4H3,(H,22,24). The molecule has 5 heteroatoms. The largest absolute Gasteiger partial charge is 0.444 e. The van der Waals surface area contributed by atoms with Crippen molar-refractivity contribution in [1.29, 1.82) is 0 Å². The number of nitrogens with zero attached hydrogens (tertiary/aromatic N) is 1. The summed E-state index contributed by atoms with van der Waals surface area (Å²) in [5.74, 6) is -0.204. The summed E-state index contributed by atoms with van der Waals surface area (Å²) in [6, 6.07) is 14.2. The van der Waals surface area contributed by atoms with E-state index in [0.29, 0.717) is 13.1 Å². The van der Waals surface area contributed by atoms with Gasteiger partial charge >= 0.3 is 6.09 Å². The Bertz CT molecular complexity index is 814. The Labute approximate surface area is 154 Å². The van der Waals surface area contributed by atoms with Crippen LogP contribution in [0.2, 0.25) is 0 Å². The van der Waals surface area contributed by atoms with Crippen LogP contribution in [0, 0.1) is 5.92 Å². The summed E-state index contributed by atoms with van der Waals surface area (Å²) in [5, 5.41) is 5.38. The van der Waals surface area contributed by atoms with E-state index in [-0.39, 0.29) is 24.0 Å². The second-order valence-corrected chi connectivity index (χ2v) is 7.88. The molecule has 2 aromatic carbocycles. The van der Waals surface area contributed by atoms with E-state index in [1.54, 1.807) is 4.90 Å². The summed E-state index contributed by atoms with van der Waals surface area (Å²) >= 11 is 0. The van der Waals surface area contributed by atoms with Gasteiger partial charge in [0.05, 0.1) is 12.0 Å². The topological polar surface area (TPSA) is 58.6 Å². The second-order valence-electron chi connectivity index (χ2n) is 7.88. The fraction of sp³-hybridized carbons (Fsp3) is 0.429. The van der Waals surface area contributed by atoms with E-state index in [1.165, 1.54) is 0 Å². The van der Waals surface area contributed by atoms with E-state index in [0.717, 1.165) is 16.3 Å². The van der Waals surface area contributed by atoms with Crippen LogP contribution in [0.4, 0.5) is 4.79 Å². The van der Waals surface area contributed by atoms with Gasteiger partial charge in [-0.2, -0.15) is 0 Å². The highest BCUT2D eigenvalue weighted by atomic mass is 16.6. The van der Waals surface area contributed by atoms with Crippen molar-refractivity contribution in [2.75, 3.05) is 13.1 Å². The molecule has 5 nitrogen and oxygen atoms in total. The van der Waals surface area contributed by atoms with Crippen LogP contribution in [0.3, 0.4) is 0 Å². The van der Waals surface area contributed by atoms with Gasteiger partial charge in [-0.05, 0) is 44.0 Å². The highest BCUT2D eigenvalue weighted by Crippen LogP contribution is 2.25. The number of nitrogens with one attached hydrogen (secondary N) is 1. The molecule has 2 amide bonds. The number of rotatable bonds is 3. The molecule has 3 rings (SSSR count). The molecular formula is C21H26N2O3. The molecular weight excluding hydrogens is 328 g/mol. The number of amides is 2. The van der Waals surface area contributed by atoms with Gasteiger partial charge in [-0.3, -0.25) is 4.79 Å². The summed E-state index contributed by atoms with van der Waals surface area (Å²) in [7, 11) is 0. The molecule has 1 aliphatic heterocycles. The highest BCUT2D eigenvalue weighted by Gasteiger charge is 2.38. The molecule has 1 saturated heterocycles. The van der Waals surface area contributed by atoms with Crippen molar-refractivity contribution < 1.29 is 14.3 Å². The zero-order chi connectivity index (χ0) is 18.9. The van der Waals surface area contributed by atoms with Crippen LogP contribution < -0.4 is 5.32 Å². The molecule has 0 bridgehead atoms. The van der Waals surface area contributed by atoms with Crippen LogP contribution in [-0.2, 0) is 9.53 Å². The van der Waals surface area contributed by atoms with Crippen LogP contribution in [0.15, 0.2) is 42.5 Å². The molecule has 138 valence electrons. The molecule has 2 aromatic rings. The number of hydrogen-bond donors (Lipinski definition) is 1. The summed E-state index contributed by atoms with van der Waals surface area (Å²) in [6.07, 6.45) is -0.358. The molecule has 1 fully saturated rings. The van der Waals surface area contributed by atoms with E-state index in [1.807, 2.05) is 52.0 Å². The average molecular weight is 354 g/mol. The maximum Gasteiger partial charge on any atom is 0.410 e. The van der Waals surface area contributed by atoms with Gasteiger partial charge in [0, 0.05) is 13.1 Å². The predicted molar refractivity (Wildman–Crippen MR) is 102 cm³/mol. The van der Waals surface area contributed by atoms with E-state index in [9.17, 15) is 9.59 Å². The van der Waals surface area contributed by atoms with Crippen LogP contribution >= 0.6 is 0 Å². The fourth-order valence-corrected chi connectivity index (χ4v) is 3.16. The van der Waals surface area contributed by atoms with Gasteiger partial charge in [0.25, 0.3) is 0 Å². The van der Waals surface area contributed by atoms with Gasteiger partial charge < -0.3 is 15.0 Å². The number of carbonyl (C=O) groups is 2. The number of carbonyl (C=O) groups excluding carboxylic acids is 2. The SMILES string of the molecule is CC(NC(=O)C1CN(C(=O)OC(C)(C)C)C1)c1cccc2ccccc12. The third kappa shape index (κ3) is 3.98. The first-order chi connectivity index (χ1) is 12.2. The molecule has 0 aromatic heterocycles. The Morgan fingerprint density at radius 2 is 1.77 bits per heavy atom. The number of likely N-dealkylation sites (tertiary alicyclic amines) is 1. The fourth-order valence-electron chi connectivity index (χ4n) is 3.16. The smallest absolute Gasteiger partial charge is 0.410 e. The normalized spacial score (nSPS) is 16.1. The first kappa shape index (κ1) is 18.2. The van der Waals surface area contributed by atoms with Crippen molar-refractivity contribution in [3.8, 4) is 0 Å². The number of ether oxygens (including phenoxy) is 1. The Balaban J connectivity index is 1.58. The van der Waals surface area contributed by atoms with E-state index < -0.39 is 5.60 Å². The Morgan fingerprint density at radius 1 is 1.12 bits per heavy atom. The molecule has 0 spiro atoms. The van der Waals surface area contributed by atoms with Crippen molar-refractivity contribution in [1.82, 2.24) is 10.2 Å². The van der Waals surface area contributed by atoms with E-state index in [2.05, 4.69) is 23.5 Å². The second kappa shape index (κ2) is 6.98. The first-order valence-electron chi connectivity index (χ1n) is 9.00. The minimum absolute atomic E-state index is 0.0229. The van der Waals surface area contributed by atoms with Gasteiger partial charge in [0.1, 0.15) is 5.60 Å². The monoisotopic (exact) mass is 354 g/mol. The summed E-state index contributed by atoms with van der Waals surface area (Å²) in [6.45, 7) is 8.30. The van der Waals surface area contributed by atoms with Crippen LogP contribution in [0.1, 0.15) is 39.3 Å². The van der Waals surface area contributed by atoms with Crippen LogP contribution in [-0.4, -0.2) is 35.6 Å². The third-order valence-corrected chi connectivity index (χ3v) is 4.55. The zero-order valence-corrected chi connectivity index (χ0v) is 15.8. The van der Waals surface area contributed by atoms with Gasteiger partial charge in [0.2, 0.25) is 5.91 Å². The summed E-state index contributed by atoms with van der Waals surface area (Å²) in [4.78, 5) is 26.0. The molecule has 1 atom stereocenters. The number of benzene rings is 2.